The van der Waals surface area contributed by atoms with Crippen molar-refractivity contribution < 1.29 is 0 Å². The van der Waals surface area contributed by atoms with E-state index in [1.807, 2.05) is 43.3 Å². The third kappa shape index (κ3) is 3.52. The molecule has 0 aliphatic heterocycles. The van der Waals surface area contributed by atoms with Crippen LogP contribution in [0.1, 0.15) is 38.9 Å². The highest BCUT2D eigenvalue weighted by Gasteiger charge is 2.34. The number of nitrogens with zero attached hydrogens (tertiary/aromatic N) is 5. The lowest BCUT2D eigenvalue weighted by Crippen LogP contribution is -1.91. The smallest absolute Gasteiger partial charge is 0.201 e. The molecule has 5 rings (SSSR count). The van der Waals surface area contributed by atoms with Gasteiger partial charge < -0.3 is 0 Å². The van der Waals surface area contributed by atoms with E-state index in [0.29, 0.717) is 61.5 Å². The second-order valence-electron chi connectivity index (χ2n) is 8.52. The lowest BCUT2D eigenvalue weighted by Gasteiger charge is -2.10. The summed E-state index contributed by atoms with van der Waals surface area (Å²) in [6.07, 6.45) is 2.85. The van der Waals surface area contributed by atoms with Crippen LogP contribution in [0.5, 0.6) is 0 Å². The Morgan fingerprint density at radius 1 is 0.730 bits per heavy atom. The second kappa shape index (κ2) is 9.02. The van der Waals surface area contributed by atoms with Gasteiger partial charge in [0.05, 0.1) is 31.4 Å². The van der Waals surface area contributed by atoms with Crippen molar-refractivity contribution in [3.8, 4) is 12.1 Å². The molecule has 0 bridgehead atoms. The van der Waals surface area contributed by atoms with Crippen LogP contribution < -0.4 is 0 Å². The molecule has 2 aliphatic carbocycles. The van der Waals surface area contributed by atoms with Crippen molar-refractivity contribution in [2.75, 3.05) is 0 Å². The number of nitriles is 2. The van der Waals surface area contributed by atoms with E-state index in [-0.39, 0.29) is 0 Å². The molecular weight excluding hydrogens is 454 g/mol. The molecule has 0 heterocycles. The monoisotopic (exact) mass is 469 g/mol. The molecule has 3 aromatic rings. The van der Waals surface area contributed by atoms with Crippen molar-refractivity contribution in [1.29, 1.82) is 10.5 Å². The maximum atomic E-state index is 10.2. The molecule has 5 heteroatoms. The van der Waals surface area contributed by atoms with Gasteiger partial charge in [-0.15, -0.1) is 0 Å². The highest BCUT2D eigenvalue weighted by Crippen LogP contribution is 2.53. The van der Waals surface area contributed by atoms with Crippen LogP contribution >= 0.6 is 0 Å². The normalized spacial score (nSPS) is 15.5. The van der Waals surface area contributed by atoms with E-state index in [2.05, 4.69) is 26.7 Å². The average Bonchev–Trinajstić information content (AvgIpc) is 3.39. The van der Waals surface area contributed by atoms with Gasteiger partial charge in [-0.2, -0.15) is 10.5 Å². The lowest BCUT2D eigenvalue weighted by atomic mass is 9.93. The molecule has 0 radical (unpaired) electrons. The van der Waals surface area contributed by atoms with Gasteiger partial charge in [0, 0.05) is 22.8 Å². The maximum Gasteiger partial charge on any atom is 0.201 e. The first kappa shape index (κ1) is 22.8. The third-order valence-electron chi connectivity index (χ3n) is 6.54. The van der Waals surface area contributed by atoms with Crippen molar-refractivity contribution >= 4 is 39.2 Å². The minimum Gasteiger partial charge on any atom is -0.245 e. The molecule has 0 saturated heterocycles. The van der Waals surface area contributed by atoms with Gasteiger partial charge in [-0.05, 0) is 52.0 Å². The first-order valence-corrected chi connectivity index (χ1v) is 11.2. The Kier molecular flexibility index (Phi) is 5.57. The van der Waals surface area contributed by atoms with Gasteiger partial charge in [0.15, 0.2) is 11.9 Å². The minimum atomic E-state index is 0.391. The topological polar surface area (TPSA) is 60.7 Å². The Labute approximate surface area is 214 Å². The Balaban J connectivity index is 1.79. The van der Waals surface area contributed by atoms with Gasteiger partial charge in [-0.25, -0.2) is 14.5 Å². The summed E-state index contributed by atoms with van der Waals surface area (Å²) in [5.41, 5.74) is 9.23. The van der Waals surface area contributed by atoms with E-state index < -0.39 is 0 Å². The predicted molar refractivity (Wildman–Crippen MR) is 144 cm³/mol. The van der Waals surface area contributed by atoms with Crippen LogP contribution in [0.4, 0.5) is 5.69 Å². The number of aryl methyl sites for hydroxylation is 1. The van der Waals surface area contributed by atoms with Crippen LogP contribution in [0.3, 0.4) is 0 Å². The predicted octanol–water partition coefficient (Wildman–Crippen LogP) is 7.96. The Hall–Kier alpha value is -5.93. The van der Waals surface area contributed by atoms with E-state index in [4.69, 9.17) is 19.7 Å². The molecule has 0 unspecified atom stereocenters. The summed E-state index contributed by atoms with van der Waals surface area (Å²) in [6.45, 7) is 24.7. The van der Waals surface area contributed by atoms with Crippen molar-refractivity contribution in [2.45, 2.75) is 6.92 Å². The van der Waals surface area contributed by atoms with E-state index >= 15 is 0 Å². The summed E-state index contributed by atoms with van der Waals surface area (Å²) in [4.78, 5) is 10.8. The SMILES string of the molecule is [C-]#[N+]/C=C1\C(c2ccc([N+]#[C-])cc2)=C([N+]#[C-])c2cc3c(cc21)C(C#N)=C(c1ccc(C)cc1)/C3=C\C#N. The molecule has 0 saturated carbocycles. The molecule has 0 fully saturated rings. The molecule has 168 valence electrons. The lowest BCUT2D eigenvalue weighted by molar-refractivity contribution is 1.46. The molecule has 0 atom stereocenters. The largest absolute Gasteiger partial charge is 0.245 e. The summed E-state index contributed by atoms with van der Waals surface area (Å²) in [6, 6.07) is 22.9. The van der Waals surface area contributed by atoms with Crippen molar-refractivity contribution in [2.24, 2.45) is 0 Å². The first-order chi connectivity index (χ1) is 18.1. The van der Waals surface area contributed by atoms with Crippen LogP contribution in [0, 0.1) is 49.3 Å². The molecule has 0 spiro atoms. The Bertz CT molecular complexity index is 1840. The van der Waals surface area contributed by atoms with Crippen LogP contribution in [0.15, 0.2) is 72.9 Å². The number of hydrogen-bond acceptors (Lipinski definition) is 2. The summed E-state index contributed by atoms with van der Waals surface area (Å²) in [7, 11) is 0. The van der Waals surface area contributed by atoms with Crippen molar-refractivity contribution in [3.63, 3.8) is 0 Å². The van der Waals surface area contributed by atoms with Crippen molar-refractivity contribution in [3.05, 3.63) is 146 Å². The Morgan fingerprint density at radius 2 is 1.35 bits per heavy atom. The van der Waals surface area contributed by atoms with E-state index in [1.165, 1.54) is 12.3 Å². The summed E-state index contributed by atoms with van der Waals surface area (Å²) < 4.78 is 0. The highest BCUT2D eigenvalue weighted by atomic mass is 14.7. The van der Waals surface area contributed by atoms with Crippen LogP contribution in [0.25, 0.3) is 48.1 Å². The number of fused-ring (bicyclic) bond motifs is 2. The van der Waals surface area contributed by atoms with Crippen molar-refractivity contribution in [1.82, 2.24) is 0 Å². The van der Waals surface area contributed by atoms with Gasteiger partial charge in [0.25, 0.3) is 0 Å². The van der Waals surface area contributed by atoms with Crippen LogP contribution in [-0.2, 0) is 0 Å². The Morgan fingerprint density at radius 3 is 1.95 bits per heavy atom. The van der Waals surface area contributed by atoms with Gasteiger partial charge in [0.1, 0.15) is 6.07 Å². The van der Waals surface area contributed by atoms with Gasteiger partial charge >= 0.3 is 0 Å². The maximum absolute atomic E-state index is 10.2. The minimum absolute atomic E-state index is 0.391. The number of allylic oxidation sites excluding steroid dienone is 6. The highest BCUT2D eigenvalue weighted by molar-refractivity contribution is 6.27. The summed E-state index contributed by atoms with van der Waals surface area (Å²) in [5, 5.41) is 19.8. The second-order valence-corrected chi connectivity index (χ2v) is 8.52. The fraction of sp³-hybridized carbons (Fsp3) is 0.0312. The zero-order chi connectivity index (χ0) is 26.1. The van der Waals surface area contributed by atoms with Gasteiger partial charge in [0.2, 0.25) is 5.70 Å². The van der Waals surface area contributed by atoms with E-state index in [9.17, 15) is 10.5 Å². The molecule has 3 aromatic carbocycles. The standard InChI is InChI=1S/C32H15N5/c1-19-5-7-20(8-6-19)30-23(13-14-33)24-16-27-26(15-25(24)28(30)17-34)29(18-35-2)31(32(27)37-4)21-9-11-22(36-3)12-10-21/h5-13,15-16,18H,1H3/b23-13-,29-18-. The quantitative estimate of drug-likeness (QED) is 0.282. The first-order valence-electron chi connectivity index (χ1n) is 11.2. The average molecular weight is 470 g/mol. The molecule has 2 aliphatic rings. The zero-order valence-corrected chi connectivity index (χ0v) is 19.7. The van der Waals surface area contributed by atoms with Crippen LogP contribution in [-0.4, -0.2) is 0 Å². The number of benzene rings is 3. The fourth-order valence-electron chi connectivity index (χ4n) is 4.91. The zero-order valence-electron chi connectivity index (χ0n) is 19.7. The van der Waals surface area contributed by atoms with E-state index in [1.54, 1.807) is 24.3 Å². The number of rotatable bonds is 2. The molecule has 5 nitrogen and oxygen atoms in total. The molecule has 0 aromatic heterocycles. The molecule has 37 heavy (non-hydrogen) atoms. The van der Waals surface area contributed by atoms with Gasteiger partial charge in [-0.1, -0.05) is 60.2 Å². The molecule has 0 amide bonds. The van der Waals surface area contributed by atoms with E-state index in [0.717, 1.165) is 16.7 Å². The van der Waals surface area contributed by atoms with Gasteiger partial charge in [-0.3, -0.25) is 0 Å². The van der Waals surface area contributed by atoms with Crippen LogP contribution in [0.2, 0.25) is 0 Å². The third-order valence-corrected chi connectivity index (χ3v) is 6.54. The molecule has 0 N–H and O–H groups in total. The molecular formula is C32H15N5. The fourth-order valence-corrected chi connectivity index (χ4v) is 4.91. The number of hydrogen-bond donors (Lipinski definition) is 0. The summed E-state index contributed by atoms with van der Waals surface area (Å²) >= 11 is 0. The summed E-state index contributed by atoms with van der Waals surface area (Å²) in [5.74, 6) is 0.